The Morgan fingerprint density at radius 3 is 1.60 bits per heavy atom. The molecule has 4 heterocycles. The Bertz CT molecular complexity index is 1500. The van der Waals surface area contributed by atoms with Gasteiger partial charge in [-0.3, -0.25) is 0 Å². The van der Waals surface area contributed by atoms with Crippen LogP contribution in [0.4, 0.5) is 0 Å². The predicted molar refractivity (Wildman–Crippen MR) is 169 cm³/mol. The number of aromatic nitrogens is 6. The van der Waals surface area contributed by atoms with E-state index >= 15 is 0 Å². The summed E-state index contributed by atoms with van der Waals surface area (Å²) in [6, 6.07) is 16.1. The molecule has 0 spiro atoms. The maximum absolute atomic E-state index is 6.12. The van der Waals surface area contributed by atoms with Crippen molar-refractivity contribution in [2.75, 3.05) is 50.9 Å². The number of fused-ring (bicyclic) bond motifs is 2. The number of hydrogen-bond acceptors (Lipinski definition) is 12. The molecule has 2 N–H and O–H groups in total. The van der Waals surface area contributed by atoms with Gasteiger partial charge in [-0.05, 0) is 57.6 Å². The third-order valence-electron chi connectivity index (χ3n) is 6.83. The van der Waals surface area contributed by atoms with Gasteiger partial charge in [-0.15, -0.1) is 20.4 Å². The van der Waals surface area contributed by atoms with Gasteiger partial charge in [-0.1, -0.05) is 47.8 Å². The number of ether oxygens (including phenoxy) is 2. The lowest BCUT2D eigenvalue weighted by atomic mass is 10.1. The lowest BCUT2D eigenvalue weighted by molar-refractivity contribution is 0.309. The second kappa shape index (κ2) is 14.2. The Hall–Kier alpha value is -3.72. The summed E-state index contributed by atoms with van der Waals surface area (Å²) in [6.45, 7) is 8.32. The molecule has 0 aliphatic carbocycles. The van der Waals surface area contributed by atoms with Crippen molar-refractivity contribution in [2.45, 2.75) is 30.6 Å². The number of benzene rings is 2. The minimum Gasteiger partial charge on any atom is -0.492 e. The summed E-state index contributed by atoms with van der Waals surface area (Å²) < 4.78 is 15.8. The fourth-order valence-corrected chi connectivity index (χ4v) is 6.38. The van der Waals surface area contributed by atoms with Crippen LogP contribution >= 0.6 is 23.5 Å². The fraction of sp³-hybridized carbons (Fsp3) is 0.379. The average molecular weight is 619 g/mol. The molecular formula is C29H34N10O2S2. The Kier molecular flexibility index (Phi) is 9.67. The zero-order valence-electron chi connectivity index (χ0n) is 24.2. The van der Waals surface area contributed by atoms with Gasteiger partial charge in [0, 0.05) is 35.7 Å². The molecule has 2 aliphatic heterocycles. The van der Waals surface area contributed by atoms with Crippen molar-refractivity contribution in [1.82, 2.24) is 40.4 Å². The van der Waals surface area contributed by atoms with Gasteiger partial charge >= 0.3 is 0 Å². The number of aryl methyl sites for hydroxylation is 2. The summed E-state index contributed by atoms with van der Waals surface area (Å²) >= 11 is 3.27. The number of nitrogens with one attached hydrogen (secondary N) is 2. The molecule has 2 aliphatic rings. The van der Waals surface area contributed by atoms with Gasteiger partial charge in [-0.2, -0.15) is 19.6 Å². The zero-order valence-corrected chi connectivity index (χ0v) is 25.8. The highest BCUT2D eigenvalue weighted by molar-refractivity contribution is 8.00. The lowest BCUT2D eigenvalue weighted by Crippen LogP contribution is -2.27. The molecule has 0 atom stereocenters. The molecule has 2 aromatic carbocycles. The molecule has 0 fully saturated rings. The van der Waals surface area contributed by atoms with Crippen LogP contribution in [0.15, 0.2) is 69.0 Å². The first kappa shape index (κ1) is 29.4. The van der Waals surface area contributed by atoms with Gasteiger partial charge in [0.2, 0.25) is 10.3 Å². The van der Waals surface area contributed by atoms with E-state index in [-0.39, 0.29) is 0 Å². The number of rotatable bonds is 14. The van der Waals surface area contributed by atoms with Crippen molar-refractivity contribution in [2.24, 2.45) is 10.2 Å². The molecule has 12 nitrogen and oxygen atoms in total. The SMILES string of the molecule is Cc1nnc2n1N=C(c1ccccc1OCCNCCCNCCOc1ccccc1C1=Nn3c(C)nnc3SC1)CS2. The van der Waals surface area contributed by atoms with Crippen molar-refractivity contribution in [3.8, 4) is 11.5 Å². The average Bonchev–Trinajstić information content (AvgIpc) is 3.61. The van der Waals surface area contributed by atoms with E-state index in [9.17, 15) is 0 Å². The summed E-state index contributed by atoms with van der Waals surface area (Å²) in [5.74, 6) is 4.72. The number of thioether (sulfide) groups is 2. The molecule has 6 rings (SSSR count). The minimum absolute atomic E-state index is 0.580. The molecule has 2 aromatic heterocycles. The molecule has 14 heteroatoms. The maximum Gasteiger partial charge on any atom is 0.212 e. The van der Waals surface area contributed by atoms with Gasteiger partial charge in [0.05, 0.1) is 11.4 Å². The second-order valence-electron chi connectivity index (χ2n) is 9.90. The zero-order chi connectivity index (χ0) is 29.4. The standard InChI is InChI=1S/C29H34N10O2S2/c1-20-32-34-28-38(20)36-24(18-42-28)22-8-3-5-10-26(22)40-16-14-30-12-7-13-31-15-17-41-27-11-6-4-9-23(27)25-19-43-29-35-33-21(2)39(29)37-25/h3-6,8-11,30-31H,7,12-19H2,1-2H3. The largest absolute Gasteiger partial charge is 0.492 e. The number of nitrogens with zero attached hydrogens (tertiary/aromatic N) is 8. The van der Waals surface area contributed by atoms with Crippen molar-refractivity contribution in [3.63, 3.8) is 0 Å². The first-order valence-corrected chi connectivity index (χ1v) is 16.3. The molecule has 43 heavy (non-hydrogen) atoms. The van der Waals surface area contributed by atoms with Gasteiger partial charge < -0.3 is 20.1 Å². The smallest absolute Gasteiger partial charge is 0.212 e. The minimum atomic E-state index is 0.580. The highest BCUT2D eigenvalue weighted by atomic mass is 32.2. The van der Waals surface area contributed by atoms with E-state index in [0.29, 0.717) is 13.2 Å². The Labute approximate surface area is 258 Å². The quantitative estimate of drug-likeness (QED) is 0.203. The molecule has 0 unspecified atom stereocenters. The summed E-state index contributed by atoms with van der Waals surface area (Å²) in [4.78, 5) is 0. The van der Waals surface area contributed by atoms with E-state index in [4.69, 9.17) is 19.7 Å². The van der Waals surface area contributed by atoms with Crippen LogP contribution in [-0.4, -0.2) is 92.1 Å². The van der Waals surface area contributed by atoms with Crippen LogP contribution in [0.3, 0.4) is 0 Å². The Morgan fingerprint density at radius 2 is 1.12 bits per heavy atom. The summed E-state index contributed by atoms with van der Waals surface area (Å²) in [5.41, 5.74) is 3.94. The van der Waals surface area contributed by atoms with E-state index in [1.54, 1.807) is 32.9 Å². The van der Waals surface area contributed by atoms with Gasteiger partial charge in [-0.25, -0.2) is 0 Å². The van der Waals surface area contributed by atoms with E-state index < -0.39 is 0 Å². The van der Waals surface area contributed by atoms with Crippen LogP contribution in [0.1, 0.15) is 29.2 Å². The summed E-state index contributed by atoms with van der Waals surface area (Å²) in [7, 11) is 0. The normalized spacial score (nSPS) is 14.1. The van der Waals surface area contributed by atoms with Crippen LogP contribution in [0.5, 0.6) is 11.5 Å². The van der Waals surface area contributed by atoms with Crippen LogP contribution in [-0.2, 0) is 0 Å². The molecule has 224 valence electrons. The van der Waals surface area contributed by atoms with Crippen molar-refractivity contribution >= 4 is 34.9 Å². The van der Waals surface area contributed by atoms with E-state index in [2.05, 4.69) is 43.2 Å². The second-order valence-corrected chi connectivity index (χ2v) is 11.8. The van der Waals surface area contributed by atoms with Crippen molar-refractivity contribution in [1.29, 1.82) is 0 Å². The highest BCUT2D eigenvalue weighted by Crippen LogP contribution is 2.29. The summed E-state index contributed by atoms with van der Waals surface area (Å²) in [5, 5.41) is 34.6. The third kappa shape index (κ3) is 7.09. The topological polar surface area (TPSA) is 129 Å². The molecular weight excluding hydrogens is 585 g/mol. The van der Waals surface area contributed by atoms with E-state index in [1.807, 2.05) is 50.2 Å². The van der Waals surface area contributed by atoms with Gasteiger partial charge in [0.1, 0.15) is 24.7 Å². The molecule has 4 aromatic rings. The van der Waals surface area contributed by atoms with Crippen LogP contribution < -0.4 is 20.1 Å². The molecule has 0 saturated heterocycles. The Morgan fingerprint density at radius 1 is 0.651 bits per heavy atom. The van der Waals surface area contributed by atoms with Crippen LogP contribution in [0, 0.1) is 13.8 Å². The van der Waals surface area contributed by atoms with Crippen LogP contribution in [0.25, 0.3) is 0 Å². The van der Waals surface area contributed by atoms with Crippen molar-refractivity contribution < 1.29 is 9.47 Å². The van der Waals surface area contributed by atoms with Crippen molar-refractivity contribution in [3.05, 3.63) is 71.3 Å². The molecule has 0 saturated carbocycles. The maximum atomic E-state index is 6.12. The molecule has 0 bridgehead atoms. The number of hydrogen-bond donors (Lipinski definition) is 2. The Balaban J connectivity index is 0.874. The van der Waals surface area contributed by atoms with Gasteiger partial charge in [0.15, 0.2) is 11.6 Å². The van der Waals surface area contributed by atoms with Crippen LogP contribution in [0.2, 0.25) is 0 Å². The van der Waals surface area contributed by atoms with E-state index in [1.165, 1.54) is 0 Å². The van der Waals surface area contributed by atoms with E-state index in [0.717, 1.165) is 100 Å². The first-order valence-electron chi connectivity index (χ1n) is 14.3. The monoisotopic (exact) mass is 618 g/mol. The summed E-state index contributed by atoms with van der Waals surface area (Å²) in [6.07, 6.45) is 1.01. The lowest BCUT2D eigenvalue weighted by Gasteiger charge is -2.17. The predicted octanol–water partition coefficient (Wildman–Crippen LogP) is 3.23. The number of para-hydroxylation sites is 2. The molecule has 0 amide bonds. The fourth-order valence-electron chi connectivity index (χ4n) is 4.63. The first-order chi connectivity index (χ1) is 21.2. The highest BCUT2D eigenvalue weighted by Gasteiger charge is 2.21. The third-order valence-corrected chi connectivity index (χ3v) is 8.69. The molecule has 0 radical (unpaired) electrons. The van der Waals surface area contributed by atoms with Gasteiger partial charge in [0.25, 0.3) is 0 Å².